The standard InChI is InChI=1S/C58H56F2N4O18/c1-30(46(54(69)72-26-34-15-7-5-8-16-34)62-58(70)74-27-42-39-21-13-11-19-37(39)38-20-12-14-22-40(38)42)75-56-47(63-64-61)50(48-45(78-56)29-73-55(81-48)35-17-9-6-10-18-35)82-57-52(80-53(68)41-25-36(59)23-24-43(41)60)51(77-33(4)67)49(76-32(3)66)44(79-57)28-71-31(2)65/h5-25,30,42,44-52,55-57H,26-29H2,1-4H3,(H,62,70)/t30-,44-,45-,46+,47-,48+,49+,50-,51+,52-,55+,56+,57+/m1/s1. The molecule has 0 aromatic heterocycles. The second-order valence-electron chi connectivity index (χ2n) is 19.4. The van der Waals surface area contributed by atoms with E-state index >= 15 is 4.39 Å². The van der Waals surface area contributed by atoms with Crippen molar-refractivity contribution in [2.45, 2.75) is 120 Å². The minimum atomic E-state index is -2.08. The summed E-state index contributed by atoms with van der Waals surface area (Å²) in [5, 5.41) is 6.63. The predicted molar refractivity (Wildman–Crippen MR) is 277 cm³/mol. The van der Waals surface area contributed by atoms with Gasteiger partial charge in [0.2, 0.25) is 0 Å². The molecule has 9 rings (SSSR count). The minimum Gasteiger partial charge on any atom is -0.463 e. The lowest BCUT2D eigenvalue weighted by molar-refractivity contribution is -0.378. The van der Waals surface area contributed by atoms with Gasteiger partial charge in [0.25, 0.3) is 0 Å². The third-order valence-corrected chi connectivity index (χ3v) is 13.8. The van der Waals surface area contributed by atoms with Gasteiger partial charge < -0.3 is 62.2 Å². The van der Waals surface area contributed by atoms with E-state index in [2.05, 4.69) is 15.3 Å². The third kappa shape index (κ3) is 13.7. The van der Waals surface area contributed by atoms with Gasteiger partial charge in [0.1, 0.15) is 61.9 Å². The maximum Gasteiger partial charge on any atom is 0.407 e. The minimum absolute atomic E-state index is 0.129. The zero-order chi connectivity index (χ0) is 58.0. The smallest absolute Gasteiger partial charge is 0.407 e. The fraction of sp³-hybridized carbons (Fsp3) is 0.379. The van der Waals surface area contributed by atoms with Crippen molar-refractivity contribution < 1.29 is 94.4 Å². The molecule has 5 aromatic carbocycles. The molecule has 0 bridgehead atoms. The molecule has 24 heteroatoms. The van der Waals surface area contributed by atoms with Gasteiger partial charge in [-0.2, -0.15) is 0 Å². The Labute approximate surface area is 467 Å². The van der Waals surface area contributed by atoms with Crippen LogP contribution in [0.1, 0.15) is 72.5 Å². The number of amides is 1. The highest BCUT2D eigenvalue weighted by molar-refractivity contribution is 5.90. The van der Waals surface area contributed by atoms with E-state index in [-0.39, 0.29) is 25.7 Å². The fourth-order valence-electron chi connectivity index (χ4n) is 10.1. The van der Waals surface area contributed by atoms with Crippen LogP contribution in [-0.2, 0) is 82.6 Å². The lowest BCUT2D eigenvalue weighted by Crippen LogP contribution is -2.67. The summed E-state index contributed by atoms with van der Waals surface area (Å²) < 4.78 is 102. The number of azide groups is 1. The van der Waals surface area contributed by atoms with Gasteiger partial charge in [-0.15, -0.1) is 0 Å². The van der Waals surface area contributed by atoms with Gasteiger partial charge in [0.15, 0.2) is 43.2 Å². The molecule has 3 saturated heterocycles. The Morgan fingerprint density at radius 3 is 2.00 bits per heavy atom. The molecule has 4 aliphatic rings. The first-order chi connectivity index (χ1) is 39.6. The molecule has 1 aliphatic carbocycles. The molecule has 0 spiro atoms. The van der Waals surface area contributed by atoms with Gasteiger partial charge in [0.05, 0.1) is 18.3 Å². The van der Waals surface area contributed by atoms with Gasteiger partial charge in [-0.05, 0) is 58.5 Å². The summed E-state index contributed by atoms with van der Waals surface area (Å²) in [5.74, 6) is -7.96. The largest absolute Gasteiger partial charge is 0.463 e. The Balaban J connectivity index is 1.06. The fourth-order valence-corrected chi connectivity index (χ4v) is 10.1. The van der Waals surface area contributed by atoms with Crippen LogP contribution >= 0.6 is 0 Å². The van der Waals surface area contributed by atoms with Crippen LogP contribution in [0.15, 0.2) is 133 Å². The Morgan fingerprint density at radius 2 is 1.34 bits per heavy atom. The molecule has 1 amide bonds. The highest BCUT2D eigenvalue weighted by atomic mass is 19.1. The number of nitrogens with one attached hydrogen (secondary N) is 1. The monoisotopic (exact) mass is 1130 g/mol. The summed E-state index contributed by atoms with van der Waals surface area (Å²) in [4.78, 5) is 83.3. The van der Waals surface area contributed by atoms with E-state index in [0.29, 0.717) is 23.3 Å². The first kappa shape index (κ1) is 58.3. The van der Waals surface area contributed by atoms with Gasteiger partial charge in [0, 0.05) is 37.2 Å². The van der Waals surface area contributed by atoms with Crippen molar-refractivity contribution in [2.24, 2.45) is 5.11 Å². The maximum atomic E-state index is 15.3. The van der Waals surface area contributed by atoms with Crippen LogP contribution in [0.2, 0.25) is 0 Å². The van der Waals surface area contributed by atoms with Crippen LogP contribution in [-0.4, -0.2) is 129 Å². The first-order valence-electron chi connectivity index (χ1n) is 26.0. The number of carbonyl (C=O) groups excluding carboxylic acids is 6. The second-order valence-corrected chi connectivity index (χ2v) is 19.4. The van der Waals surface area contributed by atoms with Crippen molar-refractivity contribution >= 4 is 35.9 Å². The number of nitrogens with zero attached hydrogens (tertiary/aromatic N) is 3. The topological polar surface area (TPSA) is 274 Å². The van der Waals surface area contributed by atoms with Crippen LogP contribution < -0.4 is 5.32 Å². The zero-order valence-corrected chi connectivity index (χ0v) is 44.5. The van der Waals surface area contributed by atoms with E-state index in [1.807, 2.05) is 48.5 Å². The molecule has 13 atom stereocenters. The molecule has 3 fully saturated rings. The molecule has 0 unspecified atom stereocenters. The summed E-state index contributed by atoms with van der Waals surface area (Å²) in [5.41, 5.74) is 14.3. The summed E-state index contributed by atoms with van der Waals surface area (Å²) in [6.07, 6.45) is -19.0. The van der Waals surface area contributed by atoms with E-state index < -0.39 is 140 Å². The van der Waals surface area contributed by atoms with Crippen molar-refractivity contribution in [2.75, 3.05) is 19.8 Å². The normalized spacial score (nSPS) is 25.2. The van der Waals surface area contributed by atoms with E-state index in [9.17, 15) is 38.7 Å². The van der Waals surface area contributed by atoms with Crippen molar-refractivity contribution in [1.29, 1.82) is 0 Å². The quantitative estimate of drug-likeness (QED) is 0.0274. The number of esters is 5. The average molecular weight is 1140 g/mol. The van der Waals surface area contributed by atoms with Crippen LogP contribution in [0.4, 0.5) is 13.6 Å². The molecule has 430 valence electrons. The molecule has 22 nitrogen and oxygen atoms in total. The molecule has 3 heterocycles. The van der Waals surface area contributed by atoms with Crippen LogP contribution in [0.25, 0.3) is 21.6 Å². The van der Waals surface area contributed by atoms with Crippen LogP contribution in [0.3, 0.4) is 0 Å². The van der Waals surface area contributed by atoms with Crippen molar-refractivity contribution in [1.82, 2.24) is 5.32 Å². The third-order valence-electron chi connectivity index (χ3n) is 13.8. The molecular formula is C58H56F2N4O18. The number of hydrogen-bond donors (Lipinski definition) is 1. The van der Waals surface area contributed by atoms with Gasteiger partial charge >= 0.3 is 35.9 Å². The summed E-state index contributed by atoms with van der Waals surface area (Å²) in [7, 11) is 0. The summed E-state index contributed by atoms with van der Waals surface area (Å²) >= 11 is 0. The summed E-state index contributed by atoms with van der Waals surface area (Å²) in [6, 6.07) is 31.3. The molecule has 0 radical (unpaired) electrons. The Hall–Kier alpha value is -8.35. The number of carbonyl (C=O) groups is 6. The van der Waals surface area contributed by atoms with E-state index in [1.165, 1.54) is 6.92 Å². The highest BCUT2D eigenvalue weighted by Gasteiger charge is 2.58. The maximum absolute atomic E-state index is 15.3. The Kier molecular flexibility index (Phi) is 18.8. The van der Waals surface area contributed by atoms with Crippen LogP contribution in [0.5, 0.6) is 0 Å². The molecule has 82 heavy (non-hydrogen) atoms. The number of ether oxygens (including phenoxy) is 12. The second kappa shape index (κ2) is 26.5. The number of fused-ring (bicyclic) bond motifs is 4. The molecule has 3 aliphatic heterocycles. The molecular weight excluding hydrogens is 1080 g/mol. The Morgan fingerprint density at radius 1 is 0.695 bits per heavy atom. The number of rotatable bonds is 19. The SMILES string of the molecule is CC(=O)OC[C@H]1O[C@@H](O[C@@H]2[C@@H](N=[N+]=[N-])[C@@H](O[C@H](C)[C@H](NC(=O)OCC3c4ccccc4-c4ccccc43)C(=O)OCc3ccccc3)O[C@@H]3CO[C@H](c4ccccc4)O[C@H]23)[C@H](OC(=O)c2cc(F)ccc2F)[C@@H](OC(C)=O)[C@H]1OC(C)=O. The lowest BCUT2D eigenvalue weighted by atomic mass is 9.94. The highest BCUT2D eigenvalue weighted by Crippen LogP contribution is 2.45. The zero-order valence-electron chi connectivity index (χ0n) is 44.5. The van der Waals surface area contributed by atoms with Crippen molar-refractivity contribution in [3.05, 3.63) is 177 Å². The first-order valence-corrected chi connectivity index (χ1v) is 26.0. The Bertz CT molecular complexity index is 3130. The number of halogens is 2. The van der Waals surface area contributed by atoms with E-state index in [4.69, 9.17) is 56.8 Å². The number of alkyl carbamates (subject to hydrolysis) is 1. The number of hydrogen-bond acceptors (Lipinski definition) is 19. The van der Waals surface area contributed by atoms with Crippen LogP contribution in [0, 0.1) is 11.6 Å². The molecule has 1 N–H and O–H groups in total. The molecule has 5 aromatic rings. The van der Waals surface area contributed by atoms with E-state index in [0.717, 1.165) is 49.1 Å². The average Bonchev–Trinajstić information content (AvgIpc) is 3.87. The lowest BCUT2D eigenvalue weighted by Gasteiger charge is -2.51. The number of benzene rings is 5. The molecule has 0 saturated carbocycles. The van der Waals surface area contributed by atoms with Gasteiger partial charge in [-0.1, -0.05) is 114 Å². The van der Waals surface area contributed by atoms with Gasteiger partial charge in [-0.3, -0.25) is 14.4 Å². The van der Waals surface area contributed by atoms with E-state index in [1.54, 1.807) is 60.7 Å². The van der Waals surface area contributed by atoms with Crippen molar-refractivity contribution in [3.8, 4) is 11.1 Å². The van der Waals surface area contributed by atoms with Crippen molar-refractivity contribution in [3.63, 3.8) is 0 Å². The predicted octanol–water partition coefficient (Wildman–Crippen LogP) is 7.60. The summed E-state index contributed by atoms with van der Waals surface area (Å²) in [6.45, 7) is 3.11. The van der Waals surface area contributed by atoms with Gasteiger partial charge in [-0.25, -0.2) is 23.2 Å².